The number of nitrogens with zero attached hydrogens (tertiary/aromatic N) is 6. The summed E-state index contributed by atoms with van der Waals surface area (Å²) in [6.45, 7) is 0.165. The van der Waals surface area contributed by atoms with Crippen LogP contribution in [0.3, 0.4) is 0 Å². The Morgan fingerprint density at radius 2 is 2.03 bits per heavy atom. The minimum atomic E-state index is -4.60. The Kier molecular flexibility index (Phi) is 4.54. The Hall–Kier alpha value is -3.84. The minimum absolute atomic E-state index is 0.0455. The van der Waals surface area contributed by atoms with Gasteiger partial charge in [-0.3, -0.25) is 4.79 Å². The van der Waals surface area contributed by atoms with Gasteiger partial charge in [-0.15, -0.1) is 10.2 Å². The third-order valence-electron chi connectivity index (χ3n) is 6.36. The van der Waals surface area contributed by atoms with E-state index in [9.17, 15) is 26.7 Å². The molecule has 1 N–H and O–H groups in total. The Labute approximate surface area is 193 Å². The summed E-state index contributed by atoms with van der Waals surface area (Å²) in [6.07, 6.45) is -2.26. The maximum Gasteiger partial charge on any atom is 0.418 e. The number of H-pyrrole nitrogens is 1. The molecule has 182 valence electrons. The second-order valence-electron chi connectivity index (χ2n) is 8.64. The standard InChI is InChI=1S/C21H16F5N7O2/c22-20(23)7-10(8-20)17-29-30-18(35-17)19(34)32-5-3-12-15(28-9-27-12)16(32)13-6-14-11(21(24,25)26)2-1-4-33(14)31-13/h1-2,4,6,9-10,16H,3,5,7-8H2,(H,27,28). The van der Waals surface area contributed by atoms with Gasteiger partial charge in [0.2, 0.25) is 11.8 Å². The number of carbonyl (C=O) groups is 1. The molecule has 6 rings (SSSR count). The summed E-state index contributed by atoms with van der Waals surface area (Å²) < 4.78 is 73.6. The van der Waals surface area contributed by atoms with Gasteiger partial charge in [-0.2, -0.15) is 18.3 Å². The molecule has 1 saturated carbocycles. The first-order chi connectivity index (χ1) is 16.6. The molecule has 1 fully saturated rings. The van der Waals surface area contributed by atoms with E-state index in [1.807, 2.05) is 0 Å². The van der Waals surface area contributed by atoms with Gasteiger partial charge in [0.1, 0.15) is 6.04 Å². The highest BCUT2D eigenvalue weighted by Gasteiger charge is 2.49. The van der Waals surface area contributed by atoms with E-state index in [-0.39, 0.29) is 29.5 Å². The van der Waals surface area contributed by atoms with E-state index in [1.54, 1.807) is 0 Å². The van der Waals surface area contributed by atoms with Crippen LogP contribution < -0.4 is 0 Å². The molecular weight excluding hydrogens is 477 g/mol. The molecule has 4 aromatic heterocycles. The molecule has 2 aliphatic rings. The molecule has 35 heavy (non-hydrogen) atoms. The zero-order valence-electron chi connectivity index (χ0n) is 17.8. The van der Waals surface area contributed by atoms with Gasteiger partial charge in [0.15, 0.2) is 0 Å². The summed E-state index contributed by atoms with van der Waals surface area (Å²) in [7, 11) is 0. The monoisotopic (exact) mass is 493 g/mol. The van der Waals surface area contributed by atoms with Crippen LogP contribution >= 0.6 is 0 Å². The molecule has 5 heterocycles. The number of carbonyl (C=O) groups excluding carboxylic acids is 1. The van der Waals surface area contributed by atoms with Gasteiger partial charge in [0, 0.05) is 43.6 Å². The molecule has 0 aromatic carbocycles. The lowest BCUT2D eigenvalue weighted by atomic mass is 9.81. The van der Waals surface area contributed by atoms with Crippen LogP contribution in [0.25, 0.3) is 5.52 Å². The second kappa shape index (κ2) is 7.33. The summed E-state index contributed by atoms with van der Waals surface area (Å²) in [5.41, 5.74) is 0.279. The maximum atomic E-state index is 13.5. The molecule has 9 nitrogen and oxygen atoms in total. The first kappa shape index (κ1) is 21.7. The highest BCUT2D eigenvalue weighted by atomic mass is 19.4. The van der Waals surface area contributed by atoms with Crippen LogP contribution in [-0.2, 0) is 12.6 Å². The lowest BCUT2D eigenvalue weighted by Gasteiger charge is -2.33. The number of nitrogens with one attached hydrogen (secondary N) is 1. The first-order valence-corrected chi connectivity index (χ1v) is 10.7. The van der Waals surface area contributed by atoms with Crippen molar-refractivity contribution in [3.8, 4) is 0 Å². The average Bonchev–Trinajstić information content (AvgIpc) is 3.53. The van der Waals surface area contributed by atoms with Gasteiger partial charge >= 0.3 is 18.0 Å². The maximum absolute atomic E-state index is 13.5. The van der Waals surface area contributed by atoms with Crippen LogP contribution in [0.5, 0.6) is 0 Å². The number of imidazole rings is 1. The summed E-state index contributed by atoms with van der Waals surface area (Å²) in [4.78, 5) is 22.0. The van der Waals surface area contributed by atoms with Gasteiger partial charge in [-0.25, -0.2) is 18.3 Å². The topological polar surface area (TPSA) is 105 Å². The van der Waals surface area contributed by atoms with E-state index in [2.05, 4.69) is 25.3 Å². The number of amides is 1. The van der Waals surface area contributed by atoms with Crippen LogP contribution in [0.1, 0.15) is 64.0 Å². The number of pyridine rings is 1. The average molecular weight is 493 g/mol. The third-order valence-corrected chi connectivity index (χ3v) is 6.36. The molecule has 1 aliphatic heterocycles. The van der Waals surface area contributed by atoms with Crippen molar-refractivity contribution in [1.82, 2.24) is 34.7 Å². The van der Waals surface area contributed by atoms with Crippen LogP contribution in [0, 0.1) is 0 Å². The molecule has 0 saturated heterocycles. The van der Waals surface area contributed by atoms with Gasteiger partial charge in [-0.1, -0.05) is 0 Å². The molecule has 0 radical (unpaired) electrons. The van der Waals surface area contributed by atoms with E-state index in [1.165, 1.54) is 29.6 Å². The fraction of sp³-hybridized carbons (Fsp3) is 0.381. The normalized spacial score (nSPS) is 20.1. The Balaban J connectivity index is 1.38. The van der Waals surface area contributed by atoms with Crippen molar-refractivity contribution in [3.63, 3.8) is 0 Å². The third kappa shape index (κ3) is 3.54. The Morgan fingerprint density at radius 3 is 2.77 bits per heavy atom. The molecule has 1 aliphatic carbocycles. The van der Waals surface area contributed by atoms with E-state index in [0.29, 0.717) is 12.1 Å². The lowest BCUT2D eigenvalue weighted by Crippen LogP contribution is -2.41. The summed E-state index contributed by atoms with van der Waals surface area (Å²) in [5, 5.41) is 11.8. The van der Waals surface area contributed by atoms with Crippen molar-refractivity contribution >= 4 is 11.4 Å². The van der Waals surface area contributed by atoms with Crippen molar-refractivity contribution in [2.75, 3.05) is 6.54 Å². The summed E-state index contributed by atoms with van der Waals surface area (Å²) >= 11 is 0. The number of halogens is 5. The van der Waals surface area contributed by atoms with Gasteiger partial charge in [0.05, 0.1) is 28.8 Å². The van der Waals surface area contributed by atoms with Crippen LogP contribution in [0.2, 0.25) is 0 Å². The molecule has 14 heteroatoms. The predicted octanol–water partition coefficient (Wildman–Crippen LogP) is 3.76. The molecule has 1 amide bonds. The molecular formula is C21H16F5N7O2. The van der Waals surface area contributed by atoms with Crippen LogP contribution in [0.4, 0.5) is 22.0 Å². The number of aromatic amines is 1. The smallest absolute Gasteiger partial charge is 0.417 e. The van der Waals surface area contributed by atoms with E-state index in [0.717, 1.165) is 16.3 Å². The van der Waals surface area contributed by atoms with E-state index >= 15 is 0 Å². The highest BCUT2D eigenvalue weighted by molar-refractivity contribution is 5.90. The minimum Gasteiger partial charge on any atom is -0.417 e. The Morgan fingerprint density at radius 1 is 1.23 bits per heavy atom. The first-order valence-electron chi connectivity index (χ1n) is 10.7. The fourth-order valence-corrected chi connectivity index (χ4v) is 4.65. The number of alkyl halides is 5. The SMILES string of the molecule is O=C(c1nnc(C2CC(F)(F)C2)o1)N1CCc2[nH]cnc2C1c1cc2c(C(F)(F)F)cccn2n1. The van der Waals surface area contributed by atoms with Crippen molar-refractivity contribution in [2.45, 2.75) is 43.3 Å². The number of rotatable bonds is 3. The highest BCUT2D eigenvalue weighted by Crippen LogP contribution is 2.48. The van der Waals surface area contributed by atoms with Crippen molar-refractivity contribution in [2.24, 2.45) is 0 Å². The van der Waals surface area contributed by atoms with Crippen molar-refractivity contribution < 1.29 is 31.2 Å². The molecule has 0 bridgehead atoms. The van der Waals surface area contributed by atoms with Gasteiger partial charge in [0.25, 0.3) is 0 Å². The van der Waals surface area contributed by atoms with Crippen molar-refractivity contribution in [3.05, 3.63) is 65.1 Å². The molecule has 0 spiro atoms. The van der Waals surface area contributed by atoms with Crippen LogP contribution in [-0.4, -0.2) is 53.1 Å². The molecule has 1 unspecified atom stereocenters. The Bertz CT molecular complexity index is 1430. The number of fused-ring (bicyclic) bond motifs is 2. The predicted molar refractivity (Wildman–Crippen MR) is 107 cm³/mol. The van der Waals surface area contributed by atoms with Gasteiger partial charge in [-0.05, 0) is 18.2 Å². The quantitative estimate of drug-likeness (QED) is 0.436. The summed E-state index contributed by atoms with van der Waals surface area (Å²) in [5.74, 6) is -4.56. The number of hydrogen-bond donors (Lipinski definition) is 1. The number of hydrogen-bond acceptors (Lipinski definition) is 6. The molecule has 4 aromatic rings. The van der Waals surface area contributed by atoms with E-state index in [4.69, 9.17) is 4.42 Å². The zero-order chi connectivity index (χ0) is 24.5. The number of aromatic nitrogens is 6. The molecule has 1 atom stereocenters. The second-order valence-corrected chi connectivity index (χ2v) is 8.64. The summed E-state index contributed by atoms with van der Waals surface area (Å²) in [6, 6.07) is 2.53. The van der Waals surface area contributed by atoms with Crippen molar-refractivity contribution in [1.29, 1.82) is 0 Å². The lowest BCUT2D eigenvalue weighted by molar-refractivity contribution is -0.136. The van der Waals surface area contributed by atoms with Gasteiger partial charge < -0.3 is 14.3 Å². The largest absolute Gasteiger partial charge is 0.418 e. The van der Waals surface area contributed by atoms with E-state index < -0.39 is 48.4 Å². The van der Waals surface area contributed by atoms with Crippen LogP contribution in [0.15, 0.2) is 35.1 Å². The fourth-order valence-electron chi connectivity index (χ4n) is 4.65. The zero-order valence-corrected chi connectivity index (χ0v) is 17.8.